The monoisotopic (exact) mass is 373 g/mol. The van der Waals surface area contributed by atoms with Gasteiger partial charge in [0, 0.05) is 22.5 Å². The molecule has 29 heavy (non-hydrogen) atoms. The molecule has 138 valence electrons. The van der Waals surface area contributed by atoms with Gasteiger partial charge >= 0.3 is 0 Å². The van der Waals surface area contributed by atoms with E-state index in [1.54, 1.807) is 6.20 Å². The van der Waals surface area contributed by atoms with Crippen molar-refractivity contribution in [1.29, 1.82) is 0 Å². The molecule has 3 nitrogen and oxygen atoms in total. The fourth-order valence-electron chi connectivity index (χ4n) is 4.09. The Balaban J connectivity index is 1.88. The van der Waals surface area contributed by atoms with Crippen LogP contribution in [0.1, 0.15) is 17.0 Å². The zero-order valence-electron chi connectivity index (χ0n) is 16.5. The first-order chi connectivity index (χ1) is 14.2. The largest absolute Gasteiger partial charge is 0.337 e. The second kappa shape index (κ2) is 6.75. The van der Waals surface area contributed by atoms with Crippen molar-refractivity contribution in [1.82, 2.24) is 9.97 Å². The van der Waals surface area contributed by atoms with Gasteiger partial charge in [-0.15, -0.1) is 0 Å². The van der Waals surface area contributed by atoms with E-state index in [0.717, 1.165) is 33.4 Å². The van der Waals surface area contributed by atoms with Crippen molar-refractivity contribution < 1.29 is 0 Å². The number of aliphatic imine (C=N–C) groups is 1. The SMILES string of the molecule is Bc1cccc(/C(=C\N=C)c2nc3c4ccccc4c4ccc(C)cc4c3[nH]2)c1. The van der Waals surface area contributed by atoms with E-state index in [1.165, 1.54) is 27.2 Å². The third-order valence-corrected chi connectivity index (χ3v) is 5.43. The lowest BCUT2D eigenvalue weighted by Crippen LogP contribution is -2.02. The Hall–Kier alpha value is -3.66. The van der Waals surface area contributed by atoms with Gasteiger partial charge < -0.3 is 4.98 Å². The number of rotatable bonds is 3. The molecule has 1 N–H and O–H groups in total. The van der Waals surface area contributed by atoms with Gasteiger partial charge in [-0.1, -0.05) is 71.7 Å². The summed E-state index contributed by atoms with van der Waals surface area (Å²) in [6.45, 7) is 5.79. The Kier molecular flexibility index (Phi) is 4.06. The average molecular weight is 373 g/mol. The topological polar surface area (TPSA) is 41.0 Å². The summed E-state index contributed by atoms with van der Waals surface area (Å²) in [6.07, 6.45) is 1.78. The predicted octanol–water partition coefficient (Wildman–Crippen LogP) is 4.53. The molecule has 0 radical (unpaired) electrons. The van der Waals surface area contributed by atoms with Gasteiger partial charge in [0.05, 0.1) is 11.0 Å². The second-order valence-electron chi connectivity index (χ2n) is 7.50. The smallest absolute Gasteiger partial charge is 0.140 e. The number of hydrogen-bond donors (Lipinski definition) is 1. The molecule has 0 atom stereocenters. The van der Waals surface area contributed by atoms with Gasteiger partial charge in [-0.2, -0.15) is 0 Å². The number of nitrogens with one attached hydrogen (secondary N) is 1. The van der Waals surface area contributed by atoms with Gasteiger partial charge in [0.1, 0.15) is 13.7 Å². The van der Waals surface area contributed by atoms with Crippen LogP contribution in [0.2, 0.25) is 0 Å². The van der Waals surface area contributed by atoms with E-state index < -0.39 is 0 Å². The van der Waals surface area contributed by atoms with E-state index in [9.17, 15) is 0 Å². The van der Waals surface area contributed by atoms with Gasteiger partial charge in [0.25, 0.3) is 0 Å². The molecule has 0 unspecified atom stereocenters. The summed E-state index contributed by atoms with van der Waals surface area (Å²) in [5.74, 6) is 0.803. The first kappa shape index (κ1) is 17.4. The molecule has 0 saturated carbocycles. The highest BCUT2D eigenvalue weighted by Crippen LogP contribution is 2.35. The minimum absolute atomic E-state index is 0.803. The molecule has 0 bridgehead atoms. The number of aromatic nitrogens is 2. The molecule has 0 aliphatic carbocycles. The van der Waals surface area contributed by atoms with E-state index in [-0.39, 0.29) is 0 Å². The lowest BCUT2D eigenvalue weighted by atomic mass is 9.92. The van der Waals surface area contributed by atoms with Crippen molar-refractivity contribution in [3.63, 3.8) is 0 Å². The molecular weight excluding hydrogens is 353 g/mol. The minimum Gasteiger partial charge on any atom is -0.337 e. The summed E-state index contributed by atoms with van der Waals surface area (Å²) in [5, 5.41) is 4.79. The number of benzene rings is 4. The highest BCUT2D eigenvalue weighted by Gasteiger charge is 2.16. The van der Waals surface area contributed by atoms with Crippen LogP contribution in [-0.2, 0) is 0 Å². The molecule has 5 aromatic rings. The van der Waals surface area contributed by atoms with Crippen LogP contribution < -0.4 is 5.46 Å². The van der Waals surface area contributed by atoms with Crippen LogP contribution in [0.15, 0.2) is 77.9 Å². The Morgan fingerprint density at radius 3 is 2.55 bits per heavy atom. The minimum atomic E-state index is 0.803. The maximum absolute atomic E-state index is 5.03. The first-order valence-electron chi connectivity index (χ1n) is 9.70. The summed E-state index contributed by atoms with van der Waals surface area (Å²) in [6, 6.07) is 23.4. The van der Waals surface area contributed by atoms with E-state index >= 15 is 0 Å². The molecule has 1 heterocycles. The third kappa shape index (κ3) is 2.85. The van der Waals surface area contributed by atoms with Crippen molar-refractivity contribution in [3.8, 4) is 0 Å². The molecular formula is C25H20BN3. The predicted molar refractivity (Wildman–Crippen MR) is 127 cm³/mol. The van der Waals surface area contributed by atoms with E-state index in [2.05, 4.69) is 98.2 Å². The first-order valence-corrected chi connectivity index (χ1v) is 9.70. The van der Waals surface area contributed by atoms with Crippen LogP contribution in [0.25, 0.3) is 38.2 Å². The van der Waals surface area contributed by atoms with E-state index in [4.69, 9.17) is 4.98 Å². The molecule has 0 saturated heterocycles. The number of aryl methyl sites for hydroxylation is 1. The third-order valence-electron chi connectivity index (χ3n) is 5.43. The molecule has 5 rings (SSSR count). The standard InChI is InChI=1S/C25H20BN3/c1-15-10-11-19-18-8-3-4-9-20(18)23-24(21(19)12-15)29-25(28-23)22(14-27-2)16-6-5-7-17(26)13-16/h3-14H,2,26H2,1H3,(H,28,29)/b22-14+. The van der Waals surface area contributed by atoms with Crippen molar-refractivity contribution in [3.05, 3.63) is 89.9 Å². The Bertz CT molecular complexity index is 1440. The Morgan fingerprint density at radius 2 is 1.76 bits per heavy atom. The number of H-pyrrole nitrogens is 1. The zero-order chi connectivity index (χ0) is 20.0. The molecule has 0 fully saturated rings. The van der Waals surface area contributed by atoms with Crippen LogP contribution in [0, 0.1) is 6.92 Å². The molecule has 0 aliphatic rings. The van der Waals surface area contributed by atoms with Crippen LogP contribution in [0.5, 0.6) is 0 Å². The summed E-state index contributed by atoms with van der Waals surface area (Å²) in [7, 11) is 2.09. The van der Waals surface area contributed by atoms with Gasteiger partial charge in [0.2, 0.25) is 0 Å². The number of fused-ring (bicyclic) bond motifs is 6. The quantitative estimate of drug-likeness (QED) is 0.282. The summed E-state index contributed by atoms with van der Waals surface area (Å²) >= 11 is 0. The van der Waals surface area contributed by atoms with Crippen LogP contribution >= 0.6 is 0 Å². The van der Waals surface area contributed by atoms with Gasteiger partial charge in [-0.3, -0.25) is 4.99 Å². The van der Waals surface area contributed by atoms with Gasteiger partial charge in [0.15, 0.2) is 0 Å². The lowest BCUT2D eigenvalue weighted by Gasteiger charge is -2.06. The van der Waals surface area contributed by atoms with Crippen molar-refractivity contribution in [2.24, 2.45) is 4.99 Å². The Morgan fingerprint density at radius 1 is 0.966 bits per heavy atom. The molecule has 0 aliphatic heterocycles. The molecule has 1 aromatic heterocycles. The van der Waals surface area contributed by atoms with Crippen molar-refractivity contribution in [2.45, 2.75) is 6.92 Å². The Labute approximate surface area is 170 Å². The molecule has 0 amide bonds. The van der Waals surface area contributed by atoms with Crippen LogP contribution in [-0.4, -0.2) is 24.5 Å². The fraction of sp³-hybridized carbons (Fsp3) is 0.0400. The molecule has 4 heteroatoms. The van der Waals surface area contributed by atoms with Gasteiger partial charge in [-0.05, 0) is 36.0 Å². The lowest BCUT2D eigenvalue weighted by molar-refractivity contribution is 1.26. The highest BCUT2D eigenvalue weighted by molar-refractivity contribution is 6.32. The van der Waals surface area contributed by atoms with Crippen LogP contribution in [0.4, 0.5) is 0 Å². The number of imidazole rings is 1. The fourth-order valence-corrected chi connectivity index (χ4v) is 4.09. The van der Waals surface area contributed by atoms with Gasteiger partial charge in [-0.25, -0.2) is 4.98 Å². The molecule has 4 aromatic carbocycles. The summed E-state index contributed by atoms with van der Waals surface area (Å²) in [5.41, 5.74) is 6.47. The summed E-state index contributed by atoms with van der Waals surface area (Å²) in [4.78, 5) is 12.7. The number of nitrogens with zero attached hydrogens (tertiary/aromatic N) is 2. The van der Waals surface area contributed by atoms with Crippen molar-refractivity contribution in [2.75, 3.05) is 0 Å². The number of hydrogen-bond acceptors (Lipinski definition) is 2. The number of aromatic amines is 1. The van der Waals surface area contributed by atoms with Crippen LogP contribution in [0.3, 0.4) is 0 Å². The summed E-state index contributed by atoms with van der Waals surface area (Å²) < 4.78 is 0. The second-order valence-corrected chi connectivity index (χ2v) is 7.50. The maximum atomic E-state index is 5.03. The van der Waals surface area contributed by atoms with Crippen molar-refractivity contribution >= 4 is 58.2 Å². The average Bonchev–Trinajstić information content (AvgIpc) is 3.17. The molecule has 0 spiro atoms. The van der Waals surface area contributed by atoms with E-state index in [0.29, 0.717) is 0 Å². The maximum Gasteiger partial charge on any atom is 0.140 e. The zero-order valence-corrected chi connectivity index (χ0v) is 16.5. The van der Waals surface area contributed by atoms with E-state index in [1.807, 2.05) is 0 Å². The normalized spacial score (nSPS) is 12.1. The highest BCUT2D eigenvalue weighted by atomic mass is 14.9.